The van der Waals surface area contributed by atoms with E-state index in [1.54, 1.807) is 7.11 Å². The van der Waals surface area contributed by atoms with Gasteiger partial charge < -0.3 is 15.8 Å². The summed E-state index contributed by atoms with van der Waals surface area (Å²) in [5.41, 5.74) is 9.31. The first-order valence-corrected chi connectivity index (χ1v) is 7.04. The zero-order chi connectivity index (χ0) is 15.1. The molecule has 0 aliphatic rings. The second-order valence-corrected chi connectivity index (χ2v) is 5.40. The van der Waals surface area contributed by atoms with Crippen LogP contribution in [0.4, 0.5) is 0 Å². The van der Waals surface area contributed by atoms with Gasteiger partial charge in [0.2, 0.25) is 5.91 Å². The van der Waals surface area contributed by atoms with Gasteiger partial charge in [-0.3, -0.25) is 4.79 Å². The molecule has 0 radical (unpaired) electrons. The summed E-state index contributed by atoms with van der Waals surface area (Å²) in [6.45, 7) is 6.56. The quantitative estimate of drug-likeness (QED) is 0.798. The Hall–Kier alpha value is -1.39. The second kappa shape index (κ2) is 8.02. The summed E-state index contributed by atoms with van der Waals surface area (Å²) < 4.78 is 5.12. The van der Waals surface area contributed by atoms with E-state index in [4.69, 9.17) is 10.5 Å². The molecule has 0 aliphatic carbocycles. The Balaban J connectivity index is 2.50. The summed E-state index contributed by atoms with van der Waals surface area (Å²) in [7, 11) is 1.57. The molecule has 0 bridgehead atoms. The topological polar surface area (TPSA) is 64.3 Å². The molecule has 3 N–H and O–H groups in total. The minimum Gasteiger partial charge on any atom is -0.380 e. The summed E-state index contributed by atoms with van der Waals surface area (Å²) in [6.07, 6.45) is 0.936. The largest absolute Gasteiger partial charge is 0.380 e. The summed E-state index contributed by atoms with van der Waals surface area (Å²) in [5, 5.41) is 2.99. The Bertz CT molecular complexity index is 442. The monoisotopic (exact) mass is 278 g/mol. The van der Waals surface area contributed by atoms with Gasteiger partial charge in [-0.15, -0.1) is 0 Å². The van der Waals surface area contributed by atoms with Crippen LogP contribution >= 0.6 is 0 Å². The van der Waals surface area contributed by atoms with E-state index in [9.17, 15) is 4.79 Å². The van der Waals surface area contributed by atoms with Crippen LogP contribution in [0, 0.1) is 13.8 Å². The van der Waals surface area contributed by atoms with E-state index in [1.807, 2.05) is 6.92 Å². The number of benzene rings is 1. The fourth-order valence-electron chi connectivity index (χ4n) is 2.26. The minimum atomic E-state index is -0.205. The molecule has 1 aromatic carbocycles. The summed E-state index contributed by atoms with van der Waals surface area (Å²) >= 11 is 0. The number of rotatable bonds is 7. The van der Waals surface area contributed by atoms with E-state index in [0.29, 0.717) is 13.0 Å². The maximum absolute atomic E-state index is 11.9. The van der Waals surface area contributed by atoms with Gasteiger partial charge in [-0.25, -0.2) is 0 Å². The molecule has 112 valence electrons. The van der Waals surface area contributed by atoms with Crippen molar-refractivity contribution in [3.63, 3.8) is 0 Å². The third-order valence-electron chi connectivity index (χ3n) is 3.44. The van der Waals surface area contributed by atoms with Crippen molar-refractivity contribution in [2.45, 2.75) is 45.8 Å². The lowest BCUT2D eigenvalue weighted by molar-refractivity contribution is -0.123. The van der Waals surface area contributed by atoms with Gasteiger partial charge in [0, 0.05) is 19.7 Å². The Kier molecular flexibility index (Phi) is 6.68. The Morgan fingerprint density at radius 3 is 2.65 bits per heavy atom. The fraction of sp³-hybridized carbons (Fsp3) is 0.562. The fourth-order valence-corrected chi connectivity index (χ4v) is 2.26. The van der Waals surface area contributed by atoms with Crippen molar-refractivity contribution in [1.82, 2.24) is 5.32 Å². The molecule has 2 unspecified atom stereocenters. The molecule has 0 saturated heterocycles. The van der Waals surface area contributed by atoms with Crippen LogP contribution in [0.3, 0.4) is 0 Å². The van der Waals surface area contributed by atoms with E-state index in [1.165, 1.54) is 16.7 Å². The number of ether oxygens (including phenoxy) is 1. The Morgan fingerprint density at radius 2 is 2.10 bits per heavy atom. The average Bonchev–Trinajstić information content (AvgIpc) is 2.39. The molecule has 1 aromatic rings. The van der Waals surface area contributed by atoms with Crippen LogP contribution in [-0.2, 0) is 16.0 Å². The smallest absolute Gasteiger partial charge is 0.222 e. The first-order chi connectivity index (χ1) is 9.46. The van der Waals surface area contributed by atoms with E-state index in [0.717, 1.165) is 6.42 Å². The van der Waals surface area contributed by atoms with Crippen molar-refractivity contribution >= 4 is 5.91 Å². The molecule has 20 heavy (non-hydrogen) atoms. The number of carbonyl (C=O) groups is 1. The second-order valence-electron chi connectivity index (χ2n) is 5.40. The van der Waals surface area contributed by atoms with Crippen LogP contribution in [0.1, 0.15) is 30.0 Å². The molecular weight excluding hydrogens is 252 g/mol. The maximum atomic E-state index is 11.9. The van der Waals surface area contributed by atoms with Crippen LogP contribution in [0.2, 0.25) is 0 Å². The Labute approximate surface area is 121 Å². The number of aryl methyl sites for hydroxylation is 2. The van der Waals surface area contributed by atoms with Crippen molar-refractivity contribution < 1.29 is 9.53 Å². The molecule has 0 spiro atoms. The van der Waals surface area contributed by atoms with Gasteiger partial charge in [-0.05, 0) is 38.3 Å². The lowest BCUT2D eigenvalue weighted by Crippen LogP contribution is -2.38. The third kappa shape index (κ3) is 5.31. The molecule has 2 atom stereocenters. The predicted octanol–water partition coefficient (Wildman–Crippen LogP) is 1.71. The Morgan fingerprint density at radius 1 is 1.40 bits per heavy atom. The summed E-state index contributed by atoms with van der Waals surface area (Å²) in [5.74, 6) is -0.0143. The van der Waals surface area contributed by atoms with Gasteiger partial charge in [0.1, 0.15) is 0 Å². The van der Waals surface area contributed by atoms with E-state index >= 15 is 0 Å². The first kappa shape index (κ1) is 16.7. The minimum absolute atomic E-state index is 0.0143. The van der Waals surface area contributed by atoms with Crippen LogP contribution < -0.4 is 11.1 Å². The van der Waals surface area contributed by atoms with Gasteiger partial charge in [-0.2, -0.15) is 0 Å². The van der Waals surface area contributed by atoms with Crippen molar-refractivity contribution in [3.05, 3.63) is 34.9 Å². The van der Waals surface area contributed by atoms with Crippen LogP contribution in [-0.4, -0.2) is 31.7 Å². The molecule has 1 rings (SSSR count). The highest BCUT2D eigenvalue weighted by molar-refractivity contribution is 5.76. The molecular formula is C16H26N2O2. The number of carbonyl (C=O) groups excluding carboxylic acids is 1. The van der Waals surface area contributed by atoms with Crippen LogP contribution in [0.25, 0.3) is 0 Å². The molecule has 0 heterocycles. The van der Waals surface area contributed by atoms with Gasteiger partial charge in [0.05, 0.1) is 12.5 Å². The molecule has 4 heteroatoms. The standard InChI is InChI=1S/C16H26N2O2/c1-11-5-6-14(12(2)7-11)8-13(3)18-16(19)9-15(10-17)20-4/h5-7,13,15H,8-10,17H2,1-4H3,(H,18,19). The highest BCUT2D eigenvalue weighted by atomic mass is 16.5. The number of nitrogens with two attached hydrogens (primary N) is 1. The van der Waals surface area contributed by atoms with Crippen molar-refractivity contribution in [3.8, 4) is 0 Å². The maximum Gasteiger partial charge on any atom is 0.222 e. The predicted molar refractivity (Wildman–Crippen MR) is 81.7 cm³/mol. The molecule has 0 aliphatic heterocycles. The molecule has 0 aromatic heterocycles. The molecule has 0 saturated carbocycles. The van der Waals surface area contributed by atoms with Gasteiger partial charge in [-0.1, -0.05) is 23.8 Å². The van der Waals surface area contributed by atoms with E-state index in [2.05, 4.69) is 37.4 Å². The highest BCUT2D eigenvalue weighted by Crippen LogP contribution is 2.12. The van der Waals surface area contributed by atoms with Crippen molar-refractivity contribution in [1.29, 1.82) is 0 Å². The van der Waals surface area contributed by atoms with Crippen LogP contribution in [0.5, 0.6) is 0 Å². The normalized spacial score (nSPS) is 13.8. The highest BCUT2D eigenvalue weighted by Gasteiger charge is 2.14. The van der Waals surface area contributed by atoms with Crippen LogP contribution in [0.15, 0.2) is 18.2 Å². The average molecular weight is 278 g/mol. The number of amides is 1. The van der Waals surface area contributed by atoms with E-state index < -0.39 is 0 Å². The number of hydrogen-bond donors (Lipinski definition) is 2. The van der Waals surface area contributed by atoms with Crippen molar-refractivity contribution in [2.75, 3.05) is 13.7 Å². The molecule has 1 amide bonds. The van der Waals surface area contributed by atoms with Gasteiger partial charge >= 0.3 is 0 Å². The van der Waals surface area contributed by atoms with E-state index in [-0.39, 0.29) is 18.1 Å². The zero-order valence-corrected chi connectivity index (χ0v) is 12.9. The zero-order valence-electron chi connectivity index (χ0n) is 12.9. The van der Waals surface area contributed by atoms with Gasteiger partial charge in [0.25, 0.3) is 0 Å². The summed E-state index contributed by atoms with van der Waals surface area (Å²) in [6, 6.07) is 6.50. The summed E-state index contributed by atoms with van der Waals surface area (Å²) in [4.78, 5) is 11.9. The number of hydrogen-bond acceptors (Lipinski definition) is 3. The number of nitrogens with one attached hydrogen (secondary N) is 1. The molecule has 0 fully saturated rings. The van der Waals surface area contributed by atoms with Crippen molar-refractivity contribution in [2.24, 2.45) is 5.73 Å². The van der Waals surface area contributed by atoms with Gasteiger partial charge in [0.15, 0.2) is 0 Å². The molecule has 4 nitrogen and oxygen atoms in total. The third-order valence-corrected chi connectivity index (χ3v) is 3.44. The number of methoxy groups -OCH3 is 1. The lowest BCUT2D eigenvalue weighted by Gasteiger charge is -2.18. The SMILES string of the molecule is COC(CN)CC(=O)NC(C)Cc1ccc(C)cc1C. The first-order valence-electron chi connectivity index (χ1n) is 7.04. The lowest BCUT2D eigenvalue weighted by atomic mass is 10.00.